The van der Waals surface area contributed by atoms with Gasteiger partial charge in [-0.25, -0.2) is 0 Å². The Kier molecular flexibility index (Phi) is 5.22. The molecule has 1 rings (SSSR count). The molecular weight excluding hydrogens is 204 g/mol. The van der Waals surface area contributed by atoms with Crippen LogP contribution in [-0.4, -0.2) is 42.6 Å². The molecule has 0 radical (unpaired) electrons. The number of hydrogen-bond acceptors (Lipinski definition) is 3. The minimum Gasteiger partial charge on any atom is -0.352 e. The summed E-state index contributed by atoms with van der Waals surface area (Å²) in [5.74, 6) is -0.0346. The van der Waals surface area contributed by atoms with E-state index in [9.17, 15) is 4.79 Å². The maximum atomic E-state index is 11.0. The van der Waals surface area contributed by atoms with Crippen molar-refractivity contribution in [1.82, 2.24) is 10.4 Å². The minimum atomic E-state index is -0.0819. The Morgan fingerprint density at radius 2 is 2.21 bits per heavy atom. The third-order valence-corrected chi connectivity index (χ3v) is 2.49. The maximum absolute atomic E-state index is 11.0. The second kappa shape index (κ2) is 6.22. The van der Waals surface area contributed by atoms with Crippen molar-refractivity contribution in [1.29, 1.82) is 0 Å². The van der Waals surface area contributed by atoms with Gasteiger partial charge in [-0.05, 0) is 19.8 Å². The third-order valence-electron chi connectivity index (χ3n) is 2.25. The second-order valence-corrected chi connectivity index (χ2v) is 3.59. The number of halogens is 1. The fraction of sp³-hybridized carbons (Fsp3) is 0.889. The number of carbonyl (C=O) groups is 1. The predicted molar refractivity (Wildman–Crippen MR) is 55.1 cm³/mol. The van der Waals surface area contributed by atoms with E-state index in [1.807, 2.05) is 12.0 Å². The van der Waals surface area contributed by atoms with Crippen molar-refractivity contribution in [2.75, 3.05) is 25.6 Å². The van der Waals surface area contributed by atoms with Crippen LogP contribution in [0.4, 0.5) is 0 Å². The van der Waals surface area contributed by atoms with Gasteiger partial charge >= 0.3 is 0 Å². The van der Waals surface area contributed by atoms with Crippen LogP contribution in [0.3, 0.4) is 0 Å². The van der Waals surface area contributed by atoms with Crippen LogP contribution in [0, 0.1) is 0 Å². The zero-order chi connectivity index (χ0) is 10.4. The molecule has 0 aliphatic carbocycles. The van der Waals surface area contributed by atoms with Crippen LogP contribution >= 0.6 is 11.6 Å². The van der Waals surface area contributed by atoms with E-state index < -0.39 is 0 Å². The summed E-state index contributed by atoms with van der Waals surface area (Å²) in [5, 5.41) is 4.83. The second-order valence-electron chi connectivity index (χ2n) is 3.32. The number of alkyl halides is 1. The van der Waals surface area contributed by atoms with E-state index >= 15 is 0 Å². The van der Waals surface area contributed by atoms with Gasteiger partial charge in [0.2, 0.25) is 5.91 Å². The summed E-state index contributed by atoms with van der Waals surface area (Å²) >= 11 is 5.40. The number of hydrogen-bond donors (Lipinski definition) is 1. The molecule has 1 amide bonds. The molecule has 1 aliphatic heterocycles. The first-order valence-electron chi connectivity index (χ1n) is 4.99. The summed E-state index contributed by atoms with van der Waals surface area (Å²) in [7, 11) is 0. The lowest BCUT2D eigenvalue weighted by Crippen LogP contribution is -2.44. The molecule has 0 saturated carbocycles. The van der Waals surface area contributed by atoms with Gasteiger partial charge < -0.3 is 5.32 Å². The standard InChI is InChI=1S/C9H17ClN2O2/c1-2-14-12-5-3-8(4-6-12)11-9(13)7-10/h8H,2-7H2,1H3,(H,11,13). The molecule has 0 spiro atoms. The lowest BCUT2D eigenvalue weighted by molar-refractivity contribution is -0.167. The highest BCUT2D eigenvalue weighted by Crippen LogP contribution is 2.10. The molecule has 0 atom stereocenters. The summed E-state index contributed by atoms with van der Waals surface area (Å²) in [6.45, 7) is 4.43. The molecule has 0 aromatic rings. The van der Waals surface area contributed by atoms with E-state index in [1.165, 1.54) is 0 Å². The van der Waals surface area contributed by atoms with E-state index in [-0.39, 0.29) is 17.8 Å². The van der Waals surface area contributed by atoms with Gasteiger partial charge in [-0.1, -0.05) is 0 Å². The van der Waals surface area contributed by atoms with Gasteiger partial charge in [0, 0.05) is 19.1 Å². The van der Waals surface area contributed by atoms with E-state index in [4.69, 9.17) is 16.4 Å². The van der Waals surface area contributed by atoms with Gasteiger partial charge in [0.15, 0.2) is 0 Å². The van der Waals surface area contributed by atoms with E-state index in [0.717, 1.165) is 25.9 Å². The Bertz CT molecular complexity index is 182. The smallest absolute Gasteiger partial charge is 0.235 e. The van der Waals surface area contributed by atoms with E-state index in [0.29, 0.717) is 6.61 Å². The van der Waals surface area contributed by atoms with Crippen LogP contribution < -0.4 is 5.32 Å². The summed E-state index contributed by atoms with van der Waals surface area (Å²) < 4.78 is 0. The Labute approximate surface area is 89.5 Å². The molecule has 4 nitrogen and oxygen atoms in total. The summed E-state index contributed by atoms with van der Waals surface area (Å²) in [6.07, 6.45) is 1.87. The van der Waals surface area contributed by atoms with Crippen molar-refractivity contribution in [3.05, 3.63) is 0 Å². The summed E-state index contributed by atoms with van der Waals surface area (Å²) in [6, 6.07) is 0.262. The number of piperidine rings is 1. The van der Waals surface area contributed by atoms with Crippen molar-refractivity contribution < 1.29 is 9.63 Å². The van der Waals surface area contributed by atoms with Crippen molar-refractivity contribution >= 4 is 17.5 Å². The van der Waals surface area contributed by atoms with Gasteiger partial charge in [0.25, 0.3) is 0 Å². The lowest BCUT2D eigenvalue weighted by Gasteiger charge is -2.31. The molecular formula is C9H17ClN2O2. The fourth-order valence-corrected chi connectivity index (χ4v) is 1.66. The predicted octanol–water partition coefficient (Wildman–Crippen LogP) is 0.757. The van der Waals surface area contributed by atoms with Crippen molar-refractivity contribution in [3.8, 4) is 0 Å². The van der Waals surface area contributed by atoms with Crippen LogP contribution in [0.5, 0.6) is 0 Å². The van der Waals surface area contributed by atoms with Crippen LogP contribution in [0.25, 0.3) is 0 Å². The zero-order valence-electron chi connectivity index (χ0n) is 8.46. The number of nitrogens with one attached hydrogen (secondary N) is 1. The Hall–Kier alpha value is -0.320. The van der Waals surface area contributed by atoms with E-state index in [1.54, 1.807) is 0 Å². The molecule has 1 heterocycles. The molecule has 0 aromatic heterocycles. The summed E-state index contributed by atoms with van der Waals surface area (Å²) in [5.41, 5.74) is 0. The van der Waals surface area contributed by atoms with Crippen molar-refractivity contribution in [3.63, 3.8) is 0 Å². The first-order valence-corrected chi connectivity index (χ1v) is 5.53. The average Bonchev–Trinajstić information content (AvgIpc) is 2.21. The van der Waals surface area contributed by atoms with Gasteiger partial charge in [-0.3, -0.25) is 9.63 Å². The number of nitrogens with zero attached hydrogens (tertiary/aromatic N) is 1. The average molecular weight is 221 g/mol. The SMILES string of the molecule is CCON1CCC(NC(=O)CCl)CC1. The van der Waals surface area contributed by atoms with Crippen molar-refractivity contribution in [2.45, 2.75) is 25.8 Å². The number of rotatable bonds is 4. The van der Waals surface area contributed by atoms with Gasteiger partial charge in [0.05, 0.1) is 6.61 Å². The molecule has 1 fully saturated rings. The Morgan fingerprint density at radius 3 is 2.71 bits per heavy atom. The fourth-order valence-electron chi connectivity index (χ4n) is 1.58. The van der Waals surface area contributed by atoms with E-state index in [2.05, 4.69) is 5.32 Å². The highest BCUT2D eigenvalue weighted by atomic mass is 35.5. The van der Waals surface area contributed by atoms with Crippen molar-refractivity contribution in [2.24, 2.45) is 0 Å². The first-order chi connectivity index (χ1) is 6.76. The third kappa shape index (κ3) is 3.82. The number of amides is 1. The molecule has 1 saturated heterocycles. The normalized spacial score (nSPS) is 19.6. The quantitative estimate of drug-likeness (QED) is 0.712. The molecule has 0 aromatic carbocycles. The van der Waals surface area contributed by atoms with Gasteiger partial charge in [-0.15, -0.1) is 11.6 Å². The Morgan fingerprint density at radius 1 is 1.57 bits per heavy atom. The maximum Gasteiger partial charge on any atom is 0.235 e. The zero-order valence-corrected chi connectivity index (χ0v) is 9.22. The highest BCUT2D eigenvalue weighted by Gasteiger charge is 2.20. The van der Waals surface area contributed by atoms with Crippen LogP contribution in [0.1, 0.15) is 19.8 Å². The molecule has 0 unspecified atom stereocenters. The lowest BCUT2D eigenvalue weighted by atomic mass is 10.1. The minimum absolute atomic E-state index is 0.0473. The molecule has 0 bridgehead atoms. The van der Waals surface area contributed by atoms with Gasteiger partial charge in [-0.2, -0.15) is 5.06 Å². The number of carbonyl (C=O) groups excluding carboxylic acids is 1. The van der Waals surface area contributed by atoms with Crippen LogP contribution in [0.2, 0.25) is 0 Å². The molecule has 1 aliphatic rings. The van der Waals surface area contributed by atoms with Gasteiger partial charge in [0.1, 0.15) is 5.88 Å². The highest BCUT2D eigenvalue weighted by molar-refractivity contribution is 6.27. The molecule has 5 heteroatoms. The molecule has 1 N–H and O–H groups in total. The Balaban J connectivity index is 2.18. The molecule has 14 heavy (non-hydrogen) atoms. The largest absolute Gasteiger partial charge is 0.352 e. The summed E-state index contributed by atoms with van der Waals surface area (Å²) in [4.78, 5) is 16.4. The number of hydroxylamine groups is 2. The topological polar surface area (TPSA) is 41.6 Å². The van der Waals surface area contributed by atoms with Crippen LogP contribution in [0.15, 0.2) is 0 Å². The van der Waals surface area contributed by atoms with Crippen LogP contribution in [-0.2, 0) is 9.63 Å². The monoisotopic (exact) mass is 220 g/mol. The first kappa shape index (κ1) is 11.8. The molecule has 82 valence electrons.